The minimum absolute atomic E-state index is 0.451. The quantitative estimate of drug-likeness (QED) is 0.896. The summed E-state index contributed by atoms with van der Waals surface area (Å²) in [6.07, 6.45) is 1.81. The molecular formula is C15H22N4. The first-order valence-corrected chi connectivity index (χ1v) is 6.81. The van der Waals surface area contributed by atoms with Gasteiger partial charge in [0.1, 0.15) is 0 Å². The molecule has 0 unspecified atom stereocenters. The lowest BCUT2D eigenvalue weighted by Gasteiger charge is -2.11. The van der Waals surface area contributed by atoms with Gasteiger partial charge in [-0.05, 0) is 23.6 Å². The zero-order valence-corrected chi connectivity index (χ0v) is 12.1. The predicted molar refractivity (Wildman–Crippen MR) is 77.4 cm³/mol. The Bertz CT molecular complexity index is 511. The van der Waals surface area contributed by atoms with E-state index in [0.717, 1.165) is 17.9 Å². The van der Waals surface area contributed by atoms with Gasteiger partial charge in [-0.15, -0.1) is 5.10 Å². The van der Waals surface area contributed by atoms with Crippen LogP contribution in [0.4, 0.5) is 0 Å². The lowest BCUT2D eigenvalue weighted by atomic mass is 10.0. The standard InChI is InChI=1S/C15H22N4/c1-11(2)13-5-7-14(8-6-13)19-15(10-17-18-19)9-16-12(3)4/h5-8,10-12,16H,9H2,1-4H3. The van der Waals surface area contributed by atoms with Gasteiger partial charge in [-0.2, -0.15) is 0 Å². The first kappa shape index (κ1) is 13.7. The molecule has 2 rings (SSSR count). The zero-order valence-electron chi connectivity index (χ0n) is 12.1. The van der Waals surface area contributed by atoms with E-state index in [1.54, 1.807) is 0 Å². The molecule has 0 aliphatic heterocycles. The Balaban J connectivity index is 2.19. The van der Waals surface area contributed by atoms with E-state index in [-0.39, 0.29) is 0 Å². The van der Waals surface area contributed by atoms with Crippen molar-refractivity contribution in [3.63, 3.8) is 0 Å². The fourth-order valence-corrected chi connectivity index (χ4v) is 1.90. The average Bonchev–Trinajstić information content (AvgIpc) is 2.84. The SMILES string of the molecule is CC(C)NCc1cnnn1-c1ccc(C(C)C)cc1. The van der Waals surface area contributed by atoms with Gasteiger partial charge in [-0.1, -0.05) is 45.0 Å². The monoisotopic (exact) mass is 258 g/mol. The number of nitrogens with zero attached hydrogens (tertiary/aromatic N) is 3. The molecule has 0 bridgehead atoms. The lowest BCUT2D eigenvalue weighted by Crippen LogP contribution is -2.23. The first-order chi connectivity index (χ1) is 9.08. The Morgan fingerprint density at radius 2 is 1.79 bits per heavy atom. The maximum atomic E-state index is 4.17. The summed E-state index contributed by atoms with van der Waals surface area (Å²) in [6, 6.07) is 8.96. The summed E-state index contributed by atoms with van der Waals surface area (Å²) in [7, 11) is 0. The van der Waals surface area contributed by atoms with Crippen LogP contribution in [0.2, 0.25) is 0 Å². The molecule has 0 amide bonds. The molecule has 0 aliphatic carbocycles. The van der Waals surface area contributed by atoms with Crippen LogP contribution in [0.25, 0.3) is 5.69 Å². The largest absolute Gasteiger partial charge is 0.309 e. The fraction of sp³-hybridized carbons (Fsp3) is 0.467. The normalized spacial score (nSPS) is 11.5. The highest BCUT2D eigenvalue weighted by atomic mass is 15.4. The van der Waals surface area contributed by atoms with Crippen LogP contribution in [-0.2, 0) is 6.54 Å². The molecule has 19 heavy (non-hydrogen) atoms. The molecule has 102 valence electrons. The summed E-state index contributed by atoms with van der Waals surface area (Å²) >= 11 is 0. The Morgan fingerprint density at radius 3 is 2.37 bits per heavy atom. The Hall–Kier alpha value is -1.68. The third-order valence-corrected chi connectivity index (χ3v) is 3.12. The van der Waals surface area contributed by atoms with Gasteiger partial charge < -0.3 is 5.32 Å². The second-order valence-electron chi connectivity index (χ2n) is 5.42. The molecule has 0 fully saturated rings. The second-order valence-corrected chi connectivity index (χ2v) is 5.42. The van der Waals surface area contributed by atoms with Crippen LogP contribution in [0.15, 0.2) is 30.5 Å². The molecule has 2 aromatic rings. The van der Waals surface area contributed by atoms with Crippen LogP contribution in [0.5, 0.6) is 0 Å². The van der Waals surface area contributed by atoms with Gasteiger partial charge in [0.2, 0.25) is 0 Å². The van der Waals surface area contributed by atoms with Gasteiger partial charge in [0, 0.05) is 12.6 Å². The highest BCUT2D eigenvalue weighted by Crippen LogP contribution is 2.17. The molecule has 0 saturated heterocycles. The maximum Gasteiger partial charge on any atom is 0.0783 e. The van der Waals surface area contributed by atoms with E-state index in [1.165, 1.54) is 5.56 Å². The number of nitrogens with one attached hydrogen (secondary N) is 1. The third-order valence-electron chi connectivity index (χ3n) is 3.12. The van der Waals surface area contributed by atoms with Crippen LogP contribution in [-0.4, -0.2) is 21.0 Å². The minimum atomic E-state index is 0.451. The highest BCUT2D eigenvalue weighted by Gasteiger charge is 2.07. The van der Waals surface area contributed by atoms with E-state index in [1.807, 2.05) is 10.9 Å². The van der Waals surface area contributed by atoms with Crippen LogP contribution >= 0.6 is 0 Å². The Morgan fingerprint density at radius 1 is 1.11 bits per heavy atom. The zero-order chi connectivity index (χ0) is 13.8. The highest BCUT2D eigenvalue weighted by molar-refractivity contribution is 5.35. The van der Waals surface area contributed by atoms with Crippen molar-refractivity contribution < 1.29 is 0 Å². The van der Waals surface area contributed by atoms with Crippen molar-refractivity contribution in [1.82, 2.24) is 20.3 Å². The summed E-state index contributed by atoms with van der Waals surface area (Å²) in [4.78, 5) is 0. The molecule has 1 N–H and O–H groups in total. The molecule has 0 atom stereocenters. The molecule has 1 aromatic carbocycles. The van der Waals surface area contributed by atoms with Crippen LogP contribution in [0.1, 0.15) is 44.9 Å². The van der Waals surface area contributed by atoms with E-state index in [2.05, 4.69) is 67.6 Å². The van der Waals surface area contributed by atoms with Gasteiger partial charge in [0.15, 0.2) is 0 Å². The molecule has 0 aliphatic rings. The molecular weight excluding hydrogens is 236 g/mol. The lowest BCUT2D eigenvalue weighted by molar-refractivity contribution is 0.570. The van der Waals surface area contributed by atoms with Crippen molar-refractivity contribution in [2.75, 3.05) is 0 Å². The average molecular weight is 258 g/mol. The number of hydrogen-bond donors (Lipinski definition) is 1. The molecule has 0 radical (unpaired) electrons. The maximum absolute atomic E-state index is 4.17. The number of aromatic nitrogens is 3. The van der Waals surface area contributed by atoms with Crippen molar-refractivity contribution in [2.24, 2.45) is 0 Å². The molecule has 4 nitrogen and oxygen atoms in total. The van der Waals surface area contributed by atoms with Crippen molar-refractivity contribution in [1.29, 1.82) is 0 Å². The fourth-order valence-electron chi connectivity index (χ4n) is 1.90. The molecule has 0 saturated carbocycles. The van der Waals surface area contributed by atoms with Crippen molar-refractivity contribution in [2.45, 2.75) is 46.2 Å². The van der Waals surface area contributed by atoms with Crippen molar-refractivity contribution in [3.8, 4) is 5.69 Å². The number of hydrogen-bond acceptors (Lipinski definition) is 3. The minimum Gasteiger partial charge on any atom is -0.309 e. The van der Waals surface area contributed by atoms with E-state index < -0.39 is 0 Å². The van der Waals surface area contributed by atoms with E-state index >= 15 is 0 Å². The topological polar surface area (TPSA) is 42.7 Å². The van der Waals surface area contributed by atoms with Crippen LogP contribution in [0.3, 0.4) is 0 Å². The van der Waals surface area contributed by atoms with Crippen molar-refractivity contribution in [3.05, 3.63) is 41.7 Å². The van der Waals surface area contributed by atoms with Crippen LogP contribution < -0.4 is 5.32 Å². The summed E-state index contributed by atoms with van der Waals surface area (Å²) in [5.41, 5.74) is 3.47. The van der Waals surface area contributed by atoms with Crippen molar-refractivity contribution >= 4 is 0 Å². The van der Waals surface area contributed by atoms with E-state index in [9.17, 15) is 0 Å². The van der Waals surface area contributed by atoms with E-state index in [4.69, 9.17) is 0 Å². The Kier molecular flexibility index (Phi) is 4.32. The molecule has 4 heteroatoms. The number of benzene rings is 1. The second kappa shape index (κ2) is 5.97. The van der Waals surface area contributed by atoms with Gasteiger partial charge in [0.25, 0.3) is 0 Å². The summed E-state index contributed by atoms with van der Waals surface area (Å²) in [6.45, 7) is 9.43. The van der Waals surface area contributed by atoms with Gasteiger partial charge >= 0.3 is 0 Å². The summed E-state index contributed by atoms with van der Waals surface area (Å²) in [5, 5.41) is 11.6. The first-order valence-electron chi connectivity index (χ1n) is 6.81. The van der Waals surface area contributed by atoms with Gasteiger partial charge in [-0.25, -0.2) is 4.68 Å². The summed E-state index contributed by atoms with van der Waals surface area (Å²) < 4.78 is 1.89. The molecule has 1 aromatic heterocycles. The van der Waals surface area contributed by atoms with Crippen LogP contribution in [0, 0.1) is 0 Å². The van der Waals surface area contributed by atoms with E-state index in [0.29, 0.717) is 12.0 Å². The van der Waals surface area contributed by atoms with Gasteiger partial charge in [-0.3, -0.25) is 0 Å². The smallest absolute Gasteiger partial charge is 0.0783 e. The summed E-state index contributed by atoms with van der Waals surface area (Å²) in [5.74, 6) is 0.548. The molecule has 0 spiro atoms. The predicted octanol–water partition coefficient (Wildman–Crippen LogP) is 2.89. The molecule has 1 heterocycles. The van der Waals surface area contributed by atoms with Gasteiger partial charge in [0.05, 0.1) is 17.6 Å². The third kappa shape index (κ3) is 3.41. The Labute approximate surface area is 114 Å². The number of rotatable bonds is 5.